The van der Waals surface area contributed by atoms with E-state index < -0.39 is 0 Å². The van der Waals surface area contributed by atoms with Crippen LogP contribution in [-0.2, 0) is 0 Å². The number of amidine groups is 1. The lowest BCUT2D eigenvalue weighted by Gasteiger charge is -2.26. The highest BCUT2D eigenvalue weighted by atomic mass is 32.1. The predicted molar refractivity (Wildman–Crippen MR) is 69.2 cm³/mol. The van der Waals surface area contributed by atoms with Gasteiger partial charge in [-0.1, -0.05) is 6.42 Å². The minimum atomic E-state index is 0.342. The van der Waals surface area contributed by atoms with Gasteiger partial charge in [-0.05, 0) is 35.2 Å². The van der Waals surface area contributed by atoms with Gasteiger partial charge in [-0.15, -0.1) is 0 Å². The zero-order valence-electron chi connectivity index (χ0n) is 9.41. The van der Waals surface area contributed by atoms with E-state index in [1.165, 1.54) is 12.0 Å². The zero-order valence-corrected chi connectivity index (χ0v) is 10.2. The molecule has 2 unspecified atom stereocenters. The van der Waals surface area contributed by atoms with Gasteiger partial charge < -0.3 is 11.1 Å². The molecule has 4 heteroatoms. The normalized spacial score (nSPS) is 23.6. The Morgan fingerprint density at radius 2 is 2.44 bits per heavy atom. The molecule has 1 fully saturated rings. The molecule has 2 rings (SSSR count). The van der Waals surface area contributed by atoms with Crippen molar-refractivity contribution in [2.24, 2.45) is 5.73 Å². The van der Waals surface area contributed by atoms with Crippen molar-refractivity contribution >= 4 is 17.2 Å². The van der Waals surface area contributed by atoms with Crippen molar-refractivity contribution in [3.05, 3.63) is 22.4 Å². The molecule has 0 bridgehead atoms. The summed E-state index contributed by atoms with van der Waals surface area (Å²) in [5, 5.41) is 15.4. The molecule has 0 amide bonds. The van der Waals surface area contributed by atoms with Gasteiger partial charge in [-0.3, -0.25) is 5.41 Å². The SMILES string of the molecule is N=C1CCCCC(C(CN)c2ccsc2)N1. The maximum Gasteiger partial charge on any atom is 0.0933 e. The van der Waals surface area contributed by atoms with E-state index in [0.29, 0.717) is 24.3 Å². The van der Waals surface area contributed by atoms with E-state index in [1.54, 1.807) is 11.3 Å². The number of hydrogen-bond donors (Lipinski definition) is 3. The number of rotatable bonds is 3. The van der Waals surface area contributed by atoms with Crippen molar-refractivity contribution in [1.29, 1.82) is 5.41 Å². The van der Waals surface area contributed by atoms with E-state index >= 15 is 0 Å². The number of nitrogens with two attached hydrogens (primary N) is 1. The summed E-state index contributed by atoms with van der Waals surface area (Å²) >= 11 is 1.72. The molecule has 0 radical (unpaired) electrons. The Bertz CT molecular complexity index is 334. The summed E-state index contributed by atoms with van der Waals surface area (Å²) in [4.78, 5) is 0. The predicted octanol–water partition coefficient (Wildman–Crippen LogP) is 2.30. The fourth-order valence-electron chi connectivity index (χ4n) is 2.35. The van der Waals surface area contributed by atoms with Crippen molar-refractivity contribution in [1.82, 2.24) is 5.32 Å². The highest BCUT2D eigenvalue weighted by Crippen LogP contribution is 2.26. The van der Waals surface area contributed by atoms with Crippen LogP contribution in [0, 0.1) is 5.41 Å². The number of nitrogens with one attached hydrogen (secondary N) is 2. The minimum absolute atomic E-state index is 0.342. The van der Waals surface area contributed by atoms with Crippen molar-refractivity contribution in [2.45, 2.75) is 37.6 Å². The summed E-state index contributed by atoms with van der Waals surface area (Å²) in [5.74, 6) is 1.03. The van der Waals surface area contributed by atoms with Crippen LogP contribution >= 0.6 is 11.3 Å². The molecule has 4 N–H and O–H groups in total. The van der Waals surface area contributed by atoms with Crippen molar-refractivity contribution in [3.8, 4) is 0 Å². The van der Waals surface area contributed by atoms with E-state index in [0.717, 1.165) is 19.3 Å². The molecule has 16 heavy (non-hydrogen) atoms. The van der Waals surface area contributed by atoms with Gasteiger partial charge in [0.1, 0.15) is 0 Å². The average Bonchev–Trinajstić information content (AvgIpc) is 2.70. The number of hydrogen-bond acceptors (Lipinski definition) is 3. The molecule has 0 aromatic carbocycles. The van der Waals surface area contributed by atoms with Crippen LogP contribution in [0.15, 0.2) is 16.8 Å². The van der Waals surface area contributed by atoms with Gasteiger partial charge >= 0.3 is 0 Å². The maximum absolute atomic E-state index is 7.80. The van der Waals surface area contributed by atoms with Gasteiger partial charge in [0.05, 0.1) is 5.84 Å². The molecule has 1 aliphatic rings. The van der Waals surface area contributed by atoms with Crippen LogP contribution in [0.3, 0.4) is 0 Å². The van der Waals surface area contributed by atoms with Crippen molar-refractivity contribution < 1.29 is 0 Å². The number of thiophene rings is 1. The Balaban J connectivity index is 2.10. The highest BCUT2D eigenvalue weighted by molar-refractivity contribution is 7.07. The molecule has 1 aromatic heterocycles. The first kappa shape index (κ1) is 11.6. The summed E-state index contributed by atoms with van der Waals surface area (Å²) in [6.07, 6.45) is 4.33. The highest BCUT2D eigenvalue weighted by Gasteiger charge is 2.24. The minimum Gasteiger partial charge on any atom is -0.371 e. The largest absolute Gasteiger partial charge is 0.371 e. The van der Waals surface area contributed by atoms with E-state index in [4.69, 9.17) is 11.1 Å². The average molecular weight is 237 g/mol. The van der Waals surface area contributed by atoms with Gasteiger partial charge in [-0.2, -0.15) is 11.3 Å². The molecule has 1 aliphatic heterocycles. The van der Waals surface area contributed by atoms with Crippen LogP contribution in [0.1, 0.15) is 37.2 Å². The molecule has 1 aromatic rings. The molecule has 0 saturated carbocycles. The summed E-state index contributed by atoms with van der Waals surface area (Å²) < 4.78 is 0. The Morgan fingerprint density at radius 1 is 1.56 bits per heavy atom. The molecule has 0 aliphatic carbocycles. The Hall–Kier alpha value is -0.870. The Morgan fingerprint density at radius 3 is 3.12 bits per heavy atom. The lowest BCUT2D eigenvalue weighted by Crippen LogP contribution is -2.40. The maximum atomic E-state index is 7.80. The summed E-state index contributed by atoms with van der Waals surface area (Å²) in [5.41, 5.74) is 7.20. The monoisotopic (exact) mass is 237 g/mol. The van der Waals surface area contributed by atoms with Gasteiger partial charge in [-0.25, -0.2) is 0 Å². The second kappa shape index (κ2) is 5.46. The zero-order chi connectivity index (χ0) is 11.4. The lowest BCUT2D eigenvalue weighted by molar-refractivity contribution is 0.464. The fraction of sp³-hybridized carbons (Fsp3) is 0.583. The quantitative estimate of drug-likeness (QED) is 0.755. The second-order valence-corrected chi connectivity index (χ2v) is 5.15. The molecule has 88 valence electrons. The Labute approximate surface area is 101 Å². The Kier molecular flexibility index (Phi) is 3.96. The van der Waals surface area contributed by atoms with E-state index in [-0.39, 0.29) is 0 Å². The summed E-state index contributed by atoms with van der Waals surface area (Å²) in [6.45, 7) is 0.654. The standard InChI is InChI=1S/C12H19N3S/c13-7-10(9-5-6-16-8-9)11-3-1-2-4-12(14)15-11/h5-6,8,10-11H,1-4,7,13H2,(H2,14,15). The summed E-state index contributed by atoms with van der Waals surface area (Å²) in [7, 11) is 0. The van der Waals surface area contributed by atoms with Crippen molar-refractivity contribution in [3.63, 3.8) is 0 Å². The van der Waals surface area contributed by atoms with Gasteiger partial charge in [0.25, 0.3) is 0 Å². The fourth-order valence-corrected chi connectivity index (χ4v) is 3.08. The molecule has 2 heterocycles. The first-order chi connectivity index (χ1) is 7.81. The summed E-state index contributed by atoms with van der Waals surface area (Å²) in [6, 6.07) is 2.49. The third kappa shape index (κ3) is 2.62. The topological polar surface area (TPSA) is 61.9 Å². The van der Waals surface area contributed by atoms with Gasteiger partial charge in [0.15, 0.2) is 0 Å². The lowest BCUT2D eigenvalue weighted by atomic mass is 9.91. The molecule has 1 saturated heterocycles. The molecular formula is C12H19N3S. The first-order valence-corrected chi connectivity index (χ1v) is 6.81. The third-order valence-electron chi connectivity index (χ3n) is 3.26. The van der Waals surface area contributed by atoms with Crippen LogP contribution in [0.2, 0.25) is 0 Å². The molecular weight excluding hydrogens is 218 g/mol. The van der Waals surface area contributed by atoms with Gasteiger partial charge in [0.2, 0.25) is 0 Å². The van der Waals surface area contributed by atoms with Crippen LogP contribution in [0.5, 0.6) is 0 Å². The van der Waals surface area contributed by atoms with E-state index in [1.807, 2.05) is 0 Å². The van der Waals surface area contributed by atoms with Crippen LogP contribution in [-0.4, -0.2) is 18.4 Å². The third-order valence-corrected chi connectivity index (χ3v) is 3.96. The van der Waals surface area contributed by atoms with Crippen LogP contribution in [0.25, 0.3) is 0 Å². The first-order valence-electron chi connectivity index (χ1n) is 5.87. The van der Waals surface area contributed by atoms with Crippen molar-refractivity contribution in [2.75, 3.05) is 6.54 Å². The second-order valence-electron chi connectivity index (χ2n) is 4.37. The smallest absolute Gasteiger partial charge is 0.0933 e. The van der Waals surface area contributed by atoms with E-state index in [2.05, 4.69) is 22.1 Å². The molecule has 0 spiro atoms. The van der Waals surface area contributed by atoms with E-state index in [9.17, 15) is 0 Å². The van der Waals surface area contributed by atoms with Crippen LogP contribution in [0.4, 0.5) is 0 Å². The molecule has 2 atom stereocenters. The van der Waals surface area contributed by atoms with Crippen LogP contribution < -0.4 is 11.1 Å². The molecule has 3 nitrogen and oxygen atoms in total. The van der Waals surface area contributed by atoms with Gasteiger partial charge in [0, 0.05) is 24.9 Å².